The first kappa shape index (κ1) is 17.6. The Bertz CT molecular complexity index is 812. The number of sulfonamides is 1. The fraction of sp³-hybridized carbons (Fsp3) is 0.375. The first-order valence-electron chi connectivity index (χ1n) is 7.73. The van der Waals surface area contributed by atoms with Gasteiger partial charge in [-0.1, -0.05) is 12.1 Å². The van der Waals surface area contributed by atoms with Gasteiger partial charge in [0, 0.05) is 18.7 Å². The second-order valence-electron chi connectivity index (χ2n) is 5.68. The van der Waals surface area contributed by atoms with E-state index in [1.807, 2.05) is 0 Å². The molecule has 2 heterocycles. The lowest BCUT2D eigenvalue weighted by Gasteiger charge is -2.17. The molecule has 1 aliphatic heterocycles. The van der Waals surface area contributed by atoms with Crippen LogP contribution in [-0.4, -0.2) is 49.2 Å². The Kier molecular flexibility index (Phi) is 5.14. The molecule has 7 nitrogen and oxygen atoms in total. The third kappa shape index (κ3) is 4.43. The molecule has 1 fully saturated rings. The van der Waals surface area contributed by atoms with Crippen LogP contribution in [0.4, 0.5) is 4.39 Å². The lowest BCUT2D eigenvalue weighted by Crippen LogP contribution is -2.32. The van der Waals surface area contributed by atoms with E-state index in [0.29, 0.717) is 30.3 Å². The molecule has 1 atom stereocenters. The summed E-state index contributed by atoms with van der Waals surface area (Å²) < 4.78 is 49.9. The molecule has 25 heavy (non-hydrogen) atoms. The van der Waals surface area contributed by atoms with Gasteiger partial charge in [-0.2, -0.15) is 4.31 Å². The summed E-state index contributed by atoms with van der Waals surface area (Å²) in [4.78, 5) is 0. The molecule has 0 spiro atoms. The molecular formula is C16H18FN3O4S. The van der Waals surface area contributed by atoms with Crippen LogP contribution in [-0.2, 0) is 15.8 Å². The molecular weight excluding hydrogens is 349 g/mol. The molecule has 0 saturated carbocycles. The van der Waals surface area contributed by atoms with E-state index in [1.165, 1.54) is 35.7 Å². The molecule has 0 unspecified atom stereocenters. The summed E-state index contributed by atoms with van der Waals surface area (Å²) in [6.45, 7) is 0.620. The Hall–Kier alpha value is -2.26. The number of methoxy groups -OCH3 is 1. The van der Waals surface area contributed by atoms with Gasteiger partial charge in [0.05, 0.1) is 19.4 Å². The van der Waals surface area contributed by atoms with Gasteiger partial charge in [-0.05, 0) is 24.1 Å². The normalized spacial score (nSPS) is 18.2. The maximum atomic E-state index is 12.9. The monoisotopic (exact) mass is 367 g/mol. The SMILES string of the molecule is COc1ccc(O[C@H]2CCN(S(=O)(=O)Cc3ccc(F)cc3)C2)nn1. The molecule has 0 amide bonds. The summed E-state index contributed by atoms with van der Waals surface area (Å²) in [5.41, 5.74) is 0.548. The van der Waals surface area contributed by atoms with Crippen molar-refractivity contribution in [3.05, 3.63) is 47.8 Å². The number of rotatable bonds is 6. The zero-order chi connectivity index (χ0) is 17.9. The summed E-state index contributed by atoms with van der Waals surface area (Å²) in [7, 11) is -2.00. The van der Waals surface area contributed by atoms with Crippen molar-refractivity contribution in [2.75, 3.05) is 20.2 Å². The first-order valence-corrected chi connectivity index (χ1v) is 9.34. The Morgan fingerprint density at radius 3 is 2.48 bits per heavy atom. The number of hydrogen-bond acceptors (Lipinski definition) is 6. The smallest absolute Gasteiger partial charge is 0.233 e. The quantitative estimate of drug-likeness (QED) is 0.772. The summed E-state index contributed by atoms with van der Waals surface area (Å²) >= 11 is 0. The predicted octanol–water partition coefficient (Wildman–Crippen LogP) is 1.61. The topological polar surface area (TPSA) is 81.6 Å². The maximum absolute atomic E-state index is 12.9. The Morgan fingerprint density at radius 2 is 1.84 bits per heavy atom. The van der Waals surface area contributed by atoms with E-state index >= 15 is 0 Å². The average molecular weight is 367 g/mol. The molecule has 0 aliphatic carbocycles. The molecule has 1 saturated heterocycles. The van der Waals surface area contributed by atoms with Crippen LogP contribution >= 0.6 is 0 Å². The van der Waals surface area contributed by atoms with Crippen LogP contribution in [0, 0.1) is 5.82 Å². The van der Waals surface area contributed by atoms with Crippen molar-refractivity contribution in [2.24, 2.45) is 0 Å². The highest BCUT2D eigenvalue weighted by molar-refractivity contribution is 7.88. The lowest BCUT2D eigenvalue weighted by atomic mass is 10.2. The van der Waals surface area contributed by atoms with Gasteiger partial charge >= 0.3 is 0 Å². The molecule has 1 aromatic heterocycles. The minimum absolute atomic E-state index is 0.164. The first-order chi connectivity index (χ1) is 12.0. The van der Waals surface area contributed by atoms with Crippen LogP contribution < -0.4 is 9.47 Å². The van der Waals surface area contributed by atoms with Gasteiger partial charge in [-0.3, -0.25) is 0 Å². The average Bonchev–Trinajstić information content (AvgIpc) is 3.07. The minimum atomic E-state index is -3.49. The molecule has 0 N–H and O–H groups in total. The van der Waals surface area contributed by atoms with Gasteiger partial charge in [0.2, 0.25) is 21.8 Å². The number of benzene rings is 1. The van der Waals surface area contributed by atoms with Gasteiger partial charge in [0.15, 0.2) is 0 Å². The van der Waals surface area contributed by atoms with Crippen molar-refractivity contribution in [2.45, 2.75) is 18.3 Å². The van der Waals surface area contributed by atoms with Gasteiger partial charge in [0.1, 0.15) is 11.9 Å². The third-order valence-electron chi connectivity index (χ3n) is 3.88. The second-order valence-corrected chi connectivity index (χ2v) is 7.65. The fourth-order valence-electron chi connectivity index (χ4n) is 2.58. The number of aromatic nitrogens is 2. The van der Waals surface area contributed by atoms with Gasteiger partial charge in [-0.15, -0.1) is 10.2 Å². The Balaban J connectivity index is 1.59. The van der Waals surface area contributed by atoms with Crippen LogP contribution in [0.3, 0.4) is 0 Å². The van der Waals surface area contributed by atoms with E-state index in [2.05, 4.69) is 10.2 Å². The van der Waals surface area contributed by atoms with Gasteiger partial charge in [-0.25, -0.2) is 12.8 Å². The standard InChI is InChI=1S/C16H18FN3O4S/c1-23-15-6-7-16(19-18-15)24-14-8-9-20(10-14)25(21,22)11-12-2-4-13(17)5-3-12/h2-7,14H,8-11H2,1H3/t14-/m0/s1. The van der Waals surface area contributed by atoms with E-state index in [9.17, 15) is 12.8 Å². The van der Waals surface area contributed by atoms with Crippen molar-refractivity contribution < 1.29 is 22.3 Å². The highest BCUT2D eigenvalue weighted by Crippen LogP contribution is 2.21. The fourth-order valence-corrected chi connectivity index (χ4v) is 4.15. The Morgan fingerprint density at radius 1 is 1.16 bits per heavy atom. The van der Waals surface area contributed by atoms with Crippen LogP contribution in [0.1, 0.15) is 12.0 Å². The number of halogens is 1. The van der Waals surface area contributed by atoms with Crippen molar-refractivity contribution in [1.29, 1.82) is 0 Å². The summed E-state index contributed by atoms with van der Waals surface area (Å²) in [5.74, 6) is 0.143. The van der Waals surface area contributed by atoms with Gasteiger partial charge in [0.25, 0.3) is 0 Å². The molecule has 9 heteroatoms. The maximum Gasteiger partial charge on any atom is 0.233 e. The van der Waals surface area contributed by atoms with Crippen LogP contribution in [0.25, 0.3) is 0 Å². The van der Waals surface area contributed by atoms with E-state index < -0.39 is 15.8 Å². The highest BCUT2D eigenvalue weighted by atomic mass is 32.2. The molecule has 3 rings (SSSR count). The van der Waals surface area contributed by atoms with Crippen molar-refractivity contribution >= 4 is 10.0 Å². The third-order valence-corrected chi connectivity index (χ3v) is 5.69. The summed E-state index contributed by atoms with van der Waals surface area (Å²) in [6, 6.07) is 8.71. The molecule has 0 bridgehead atoms. The highest BCUT2D eigenvalue weighted by Gasteiger charge is 2.32. The second kappa shape index (κ2) is 7.32. The number of ether oxygens (including phenoxy) is 2. The Labute approximate surface area is 145 Å². The molecule has 134 valence electrons. The zero-order valence-corrected chi connectivity index (χ0v) is 14.4. The van der Waals surface area contributed by atoms with E-state index in [0.717, 1.165) is 0 Å². The van der Waals surface area contributed by atoms with Crippen LogP contribution in [0.15, 0.2) is 36.4 Å². The molecule has 1 aliphatic rings. The van der Waals surface area contributed by atoms with Crippen LogP contribution in [0.2, 0.25) is 0 Å². The minimum Gasteiger partial charge on any atom is -0.480 e. The van der Waals surface area contributed by atoms with Gasteiger partial charge < -0.3 is 9.47 Å². The largest absolute Gasteiger partial charge is 0.480 e. The zero-order valence-electron chi connectivity index (χ0n) is 13.6. The summed E-state index contributed by atoms with van der Waals surface area (Å²) in [5, 5.41) is 7.69. The number of nitrogens with zero attached hydrogens (tertiary/aromatic N) is 3. The summed E-state index contributed by atoms with van der Waals surface area (Å²) in [6.07, 6.45) is 0.279. The molecule has 2 aromatic rings. The van der Waals surface area contributed by atoms with Crippen molar-refractivity contribution in [1.82, 2.24) is 14.5 Å². The van der Waals surface area contributed by atoms with E-state index in [1.54, 1.807) is 12.1 Å². The van der Waals surface area contributed by atoms with Crippen LogP contribution in [0.5, 0.6) is 11.8 Å². The van der Waals surface area contributed by atoms with Crippen molar-refractivity contribution in [3.8, 4) is 11.8 Å². The van der Waals surface area contributed by atoms with Crippen molar-refractivity contribution in [3.63, 3.8) is 0 Å². The lowest BCUT2D eigenvalue weighted by molar-refractivity contribution is 0.203. The number of hydrogen-bond donors (Lipinski definition) is 0. The molecule has 1 aromatic carbocycles. The predicted molar refractivity (Wildman–Crippen MR) is 88.2 cm³/mol. The van der Waals surface area contributed by atoms with E-state index in [4.69, 9.17) is 9.47 Å². The molecule has 0 radical (unpaired) electrons. The van der Waals surface area contributed by atoms with E-state index in [-0.39, 0.29) is 18.4 Å².